The highest BCUT2D eigenvalue weighted by molar-refractivity contribution is 7.86. The smallest absolute Gasteiger partial charge is 0.281 e. The number of hydrogen-bond donors (Lipinski definition) is 1. The molecule has 2 aromatic rings. The van der Waals surface area contributed by atoms with Crippen molar-refractivity contribution in [2.24, 2.45) is 5.92 Å². The zero-order valence-electron chi connectivity index (χ0n) is 14.6. The molecule has 1 fully saturated rings. The lowest BCUT2D eigenvalue weighted by molar-refractivity contribution is -0.126. The van der Waals surface area contributed by atoms with Crippen LogP contribution in [0.15, 0.2) is 22.0 Å². The van der Waals surface area contributed by atoms with E-state index < -0.39 is 10.2 Å². The number of nitrogens with one attached hydrogen (secondary N) is 1. The molecule has 1 aliphatic rings. The topological polar surface area (TPSA) is 109 Å². The first-order chi connectivity index (χ1) is 12.4. The Morgan fingerprint density at radius 1 is 1.42 bits per heavy atom. The highest BCUT2D eigenvalue weighted by Gasteiger charge is 2.32. The van der Waals surface area contributed by atoms with Crippen molar-refractivity contribution >= 4 is 27.5 Å². The zero-order chi connectivity index (χ0) is 18.7. The molecule has 9 nitrogen and oxygen atoms in total. The summed E-state index contributed by atoms with van der Waals surface area (Å²) in [6.07, 6.45) is 0.979. The van der Waals surface area contributed by atoms with Gasteiger partial charge in [0.05, 0.1) is 11.4 Å². The Labute approximate surface area is 156 Å². The third kappa shape index (κ3) is 4.11. The van der Waals surface area contributed by atoms with Crippen LogP contribution in [0.25, 0.3) is 10.7 Å². The summed E-state index contributed by atoms with van der Waals surface area (Å²) in [5, 5.41) is 8.62. The van der Waals surface area contributed by atoms with Crippen LogP contribution in [0.1, 0.15) is 18.7 Å². The minimum absolute atomic E-state index is 0.122. The van der Waals surface area contributed by atoms with Crippen molar-refractivity contribution in [1.29, 1.82) is 0 Å². The average Bonchev–Trinajstić information content (AvgIpc) is 3.31. The third-order valence-corrected chi connectivity index (χ3v) is 7.04. The Morgan fingerprint density at radius 3 is 2.77 bits per heavy atom. The van der Waals surface area contributed by atoms with E-state index in [-0.39, 0.29) is 18.4 Å². The molecule has 142 valence electrons. The molecule has 0 radical (unpaired) electrons. The first-order valence-electron chi connectivity index (χ1n) is 8.19. The summed E-state index contributed by atoms with van der Waals surface area (Å²) in [5.41, 5.74) is 0. The van der Waals surface area contributed by atoms with E-state index in [9.17, 15) is 13.2 Å². The summed E-state index contributed by atoms with van der Waals surface area (Å²) in [6, 6.07) is 3.80. The van der Waals surface area contributed by atoms with Crippen molar-refractivity contribution < 1.29 is 17.7 Å². The first kappa shape index (κ1) is 19.0. The molecule has 0 aromatic carbocycles. The normalized spacial score (nSPS) is 16.9. The van der Waals surface area contributed by atoms with Gasteiger partial charge in [0.15, 0.2) is 0 Å². The quantitative estimate of drug-likeness (QED) is 0.774. The Hall–Kier alpha value is -1.82. The molecule has 3 rings (SSSR count). The van der Waals surface area contributed by atoms with E-state index in [2.05, 4.69) is 15.5 Å². The maximum absolute atomic E-state index is 12.3. The number of aromatic nitrogens is 2. The lowest BCUT2D eigenvalue weighted by Gasteiger charge is -2.32. The van der Waals surface area contributed by atoms with E-state index >= 15 is 0 Å². The number of piperidine rings is 1. The minimum Gasteiger partial charge on any atom is -0.347 e. The number of hydrogen-bond acceptors (Lipinski definition) is 7. The molecule has 0 spiro atoms. The standard InChI is InChI=1S/C15H21N5O4S2/c1-19(2)26(22,23)20-7-5-11(6-8-20)15(21)16-10-13-17-14(18-24-13)12-4-3-9-25-12/h3-4,9,11H,5-8,10H2,1-2H3,(H,16,21). The van der Waals surface area contributed by atoms with Crippen LogP contribution in [-0.4, -0.2) is 60.3 Å². The van der Waals surface area contributed by atoms with Gasteiger partial charge in [0.2, 0.25) is 17.6 Å². The Balaban J connectivity index is 1.49. The molecule has 1 saturated heterocycles. The molecule has 0 atom stereocenters. The summed E-state index contributed by atoms with van der Waals surface area (Å²) in [4.78, 5) is 17.5. The molecule has 1 amide bonds. The molecular weight excluding hydrogens is 378 g/mol. The maximum atomic E-state index is 12.3. The van der Waals surface area contributed by atoms with E-state index in [0.29, 0.717) is 37.6 Å². The lowest BCUT2D eigenvalue weighted by Crippen LogP contribution is -2.46. The highest BCUT2D eigenvalue weighted by atomic mass is 32.2. The number of carbonyl (C=O) groups is 1. The summed E-state index contributed by atoms with van der Waals surface area (Å²) in [6.45, 7) is 0.830. The van der Waals surface area contributed by atoms with Gasteiger partial charge in [-0.15, -0.1) is 11.3 Å². The van der Waals surface area contributed by atoms with Crippen molar-refractivity contribution in [3.63, 3.8) is 0 Å². The van der Waals surface area contributed by atoms with Gasteiger partial charge in [0.25, 0.3) is 10.2 Å². The van der Waals surface area contributed by atoms with Crippen molar-refractivity contribution in [3.8, 4) is 10.7 Å². The van der Waals surface area contributed by atoms with Gasteiger partial charge in [-0.25, -0.2) is 0 Å². The second-order valence-electron chi connectivity index (χ2n) is 6.17. The predicted octanol–water partition coefficient (Wildman–Crippen LogP) is 0.933. The number of thiophene rings is 1. The molecule has 2 aromatic heterocycles. The van der Waals surface area contributed by atoms with E-state index in [1.165, 1.54) is 34.0 Å². The molecule has 3 heterocycles. The first-order valence-corrected chi connectivity index (χ1v) is 10.5. The van der Waals surface area contributed by atoms with Gasteiger partial charge >= 0.3 is 0 Å². The molecular formula is C15H21N5O4S2. The SMILES string of the molecule is CN(C)S(=O)(=O)N1CCC(C(=O)NCc2nc(-c3cccs3)no2)CC1. The van der Waals surface area contributed by atoms with Crippen LogP contribution < -0.4 is 5.32 Å². The van der Waals surface area contributed by atoms with Gasteiger partial charge in [0, 0.05) is 33.1 Å². The Morgan fingerprint density at radius 2 is 2.15 bits per heavy atom. The molecule has 26 heavy (non-hydrogen) atoms. The molecule has 0 unspecified atom stereocenters. The zero-order valence-corrected chi connectivity index (χ0v) is 16.2. The van der Waals surface area contributed by atoms with Crippen molar-refractivity contribution in [2.75, 3.05) is 27.2 Å². The van der Waals surface area contributed by atoms with Crippen molar-refractivity contribution in [2.45, 2.75) is 19.4 Å². The number of rotatable bonds is 6. The Bertz CT molecular complexity index is 839. The van der Waals surface area contributed by atoms with Crippen LogP contribution in [-0.2, 0) is 21.5 Å². The van der Waals surface area contributed by atoms with Crippen LogP contribution in [0, 0.1) is 5.92 Å². The number of amides is 1. The van der Waals surface area contributed by atoms with Crippen LogP contribution in [0.5, 0.6) is 0 Å². The average molecular weight is 399 g/mol. The van der Waals surface area contributed by atoms with E-state index in [0.717, 1.165) is 4.88 Å². The second-order valence-corrected chi connectivity index (χ2v) is 9.26. The molecule has 1 aliphatic heterocycles. The van der Waals surface area contributed by atoms with Crippen LogP contribution in [0.3, 0.4) is 0 Å². The van der Waals surface area contributed by atoms with Gasteiger partial charge in [-0.2, -0.15) is 22.0 Å². The van der Waals surface area contributed by atoms with Crippen molar-refractivity contribution in [1.82, 2.24) is 24.1 Å². The van der Waals surface area contributed by atoms with Crippen LogP contribution in [0.2, 0.25) is 0 Å². The summed E-state index contributed by atoms with van der Waals surface area (Å²) < 4.78 is 31.9. The summed E-state index contributed by atoms with van der Waals surface area (Å²) in [5.74, 6) is 0.506. The Kier molecular flexibility index (Phi) is 5.70. The maximum Gasteiger partial charge on any atom is 0.281 e. The summed E-state index contributed by atoms with van der Waals surface area (Å²) >= 11 is 1.51. The molecule has 0 bridgehead atoms. The monoisotopic (exact) mass is 399 g/mol. The molecule has 0 saturated carbocycles. The number of nitrogens with zero attached hydrogens (tertiary/aromatic N) is 4. The third-order valence-electron chi connectivity index (χ3n) is 4.24. The highest BCUT2D eigenvalue weighted by Crippen LogP contribution is 2.22. The second kappa shape index (κ2) is 7.82. The van der Waals surface area contributed by atoms with Gasteiger partial charge in [0.1, 0.15) is 0 Å². The van der Waals surface area contributed by atoms with Gasteiger partial charge in [-0.1, -0.05) is 11.2 Å². The molecule has 0 aliphatic carbocycles. The predicted molar refractivity (Wildman–Crippen MR) is 96.4 cm³/mol. The van der Waals surface area contributed by atoms with E-state index in [4.69, 9.17) is 4.52 Å². The fourth-order valence-electron chi connectivity index (χ4n) is 2.72. The fraction of sp³-hybridized carbons (Fsp3) is 0.533. The fourth-order valence-corrected chi connectivity index (χ4v) is 4.50. The largest absolute Gasteiger partial charge is 0.347 e. The van der Waals surface area contributed by atoms with Crippen LogP contribution >= 0.6 is 11.3 Å². The molecule has 11 heteroatoms. The summed E-state index contributed by atoms with van der Waals surface area (Å²) in [7, 11) is -0.415. The number of carbonyl (C=O) groups excluding carboxylic acids is 1. The van der Waals surface area contributed by atoms with E-state index in [1.54, 1.807) is 0 Å². The van der Waals surface area contributed by atoms with Gasteiger partial charge in [-0.3, -0.25) is 4.79 Å². The van der Waals surface area contributed by atoms with E-state index in [1.807, 2.05) is 17.5 Å². The van der Waals surface area contributed by atoms with Crippen molar-refractivity contribution in [3.05, 3.63) is 23.4 Å². The van der Waals surface area contributed by atoms with Crippen LogP contribution in [0.4, 0.5) is 0 Å². The lowest BCUT2D eigenvalue weighted by atomic mass is 9.97. The minimum atomic E-state index is -3.42. The van der Waals surface area contributed by atoms with Gasteiger partial charge in [-0.05, 0) is 24.3 Å². The van der Waals surface area contributed by atoms with Gasteiger partial charge < -0.3 is 9.84 Å². The molecule has 1 N–H and O–H groups in total.